The van der Waals surface area contributed by atoms with Gasteiger partial charge in [-0.15, -0.1) is 0 Å². The lowest BCUT2D eigenvalue weighted by atomic mass is 9.92. The fraction of sp³-hybridized carbons (Fsp3) is 0.278. The maximum atomic E-state index is 12.4. The highest BCUT2D eigenvalue weighted by Gasteiger charge is 2.17. The van der Waals surface area contributed by atoms with Gasteiger partial charge in [0.05, 0.1) is 16.9 Å². The summed E-state index contributed by atoms with van der Waals surface area (Å²) in [5, 5.41) is 4.18. The van der Waals surface area contributed by atoms with Gasteiger partial charge in [-0.2, -0.15) is 18.4 Å². The van der Waals surface area contributed by atoms with E-state index in [0.29, 0.717) is 0 Å². The molecule has 6 heteroatoms. The molecular formula is C18H20N2O3S. The summed E-state index contributed by atoms with van der Waals surface area (Å²) in [6.45, 7) is 1.91. The van der Waals surface area contributed by atoms with Crippen LogP contribution in [-0.2, 0) is 10.0 Å². The molecule has 0 radical (unpaired) electrons. The van der Waals surface area contributed by atoms with Crippen molar-refractivity contribution in [3.8, 4) is 0 Å². The molecule has 1 heterocycles. The van der Waals surface area contributed by atoms with Crippen LogP contribution in [0.25, 0.3) is 6.08 Å². The predicted molar refractivity (Wildman–Crippen MR) is 94.1 cm³/mol. The van der Waals surface area contributed by atoms with Crippen LogP contribution in [0.1, 0.15) is 37.0 Å². The van der Waals surface area contributed by atoms with E-state index in [1.807, 2.05) is 25.1 Å². The number of aryl methyl sites for hydroxylation is 1. The molecule has 1 saturated carbocycles. The molecule has 0 amide bonds. The summed E-state index contributed by atoms with van der Waals surface area (Å²) < 4.78 is 30.0. The summed E-state index contributed by atoms with van der Waals surface area (Å²) in [5.74, 6) is 0.751. The van der Waals surface area contributed by atoms with Crippen LogP contribution >= 0.6 is 0 Å². The Morgan fingerprint density at radius 3 is 2.58 bits per heavy atom. The average molecular weight is 344 g/mol. The van der Waals surface area contributed by atoms with Gasteiger partial charge in [-0.05, 0) is 68.5 Å². The standard InChI is InChI=1S/C18H20N2O3S/c1-14-8-10-17(11-9-14)24(21,22)20-19-18-7-3-2-5-15(18)13-16-6-4-12-23-16/h4,6,8-13,20H,2-3,5,7H2,1H3/b15-13+,19-18+. The monoisotopic (exact) mass is 344 g/mol. The number of rotatable bonds is 4. The lowest BCUT2D eigenvalue weighted by Crippen LogP contribution is -2.22. The highest BCUT2D eigenvalue weighted by Crippen LogP contribution is 2.23. The number of hydrogen-bond donors (Lipinski definition) is 1. The number of nitrogens with zero attached hydrogens (tertiary/aromatic N) is 1. The highest BCUT2D eigenvalue weighted by atomic mass is 32.2. The summed E-state index contributed by atoms with van der Waals surface area (Å²) in [6.07, 6.45) is 7.23. The van der Waals surface area contributed by atoms with Crippen LogP contribution in [0.4, 0.5) is 0 Å². The molecule has 0 saturated heterocycles. The zero-order valence-corrected chi connectivity index (χ0v) is 14.3. The maximum absolute atomic E-state index is 12.4. The second-order valence-electron chi connectivity index (χ2n) is 5.86. The minimum atomic E-state index is -3.65. The van der Waals surface area contributed by atoms with Crippen molar-refractivity contribution < 1.29 is 12.8 Å². The Bertz CT molecular complexity index is 848. The van der Waals surface area contributed by atoms with Gasteiger partial charge in [0.15, 0.2) is 0 Å². The largest absolute Gasteiger partial charge is 0.465 e. The second kappa shape index (κ2) is 7.05. The molecule has 1 aromatic carbocycles. The van der Waals surface area contributed by atoms with Crippen LogP contribution in [0.15, 0.2) is 62.6 Å². The van der Waals surface area contributed by atoms with Gasteiger partial charge >= 0.3 is 0 Å². The molecule has 126 valence electrons. The van der Waals surface area contributed by atoms with E-state index in [2.05, 4.69) is 9.93 Å². The number of hydrazone groups is 1. The Balaban J connectivity index is 1.82. The fourth-order valence-corrected chi connectivity index (χ4v) is 3.46. The number of sulfonamides is 1. The average Bonchev–Trinajstić information content (AvgIpc) is 3.08. The van der Waals surface area contributed by atoms with E-state index in [0.717, 1.165) is 48.3 Å². The van der Waals surface area contributed by atoms with E-state index < -0.39 is 10.0 Å². The summed E-state index contributed by atoms with van der Waals surface area (Å²) in [4.78, 5) is 2.58. The Morgan fingerprint density at radius 1 is 1.12 bits per heavy atom. The number of furan rings is 1. The van der Waals surface area contributed by atoms with Crippen LogP contribution < -0.4 is 4.83 Å². The molecule has 0 spiro atoms. The summed E-state index contributed by atoms with van der Waals surface area (Å²) in [5.41, 5.74) is 2.80. The molecular weight excluding hydrogens is 324 g/mol. The van der Waals surface area contributed by atoms with Crippen molar-refractivity contribution >= 4 is 21.8 Å². The zero-order valence-electron chi connectivity index (χ0n) is 13.5. The number of allylic oxidation sites excluding steroid dienone is 1. The van der Waals surface area contributed by atoms with E-state index in [4.69, 9.17) is 4.42 Å². The third kappa shape index (κ3) is 3.94. The Hall–Kier alpha value is -2.34. The Kier molecular flexibility index (Phi) is 4.85. The van der Waals surface area contributed by atoms with E-state index in [1.165, 1.54) is 0 Å². The van der Waals surface area contributed by atoms with Gasteiger partial charge in [0.2, 0.25) is 0 Å². The van der Waals surface area contributed by atoms with Crippen molar-refractivity contribution in [1.29, 1.82) is 0 Å². The first-order chi connectivity index (χ1) is 11.5. The van der Waals surface area contributed by atoms with Crippen molar-refractivity contribution in [1.82, 2.24) is 4.83 Å². The van der Waals surface area contributed by atoms with Gasteiger partial charge < -0.3 is 4.42 Å². The van der Waals surface area contributed by atoms with Crippen molar-refractivity contribution in [2.24, 2.45) is 5.10 Å². The molecule has 3 rings (SSSR count). The minimum Gasteiger partial charge on any atom is -0.465 e. The molecule has 2 aromatic rings. The smallest absolute Gasteiger partial charge is 0.276 e. The maximum Gasteiger partial charge on any atom is 0.276 e. The van der Waals surface area contributed by atoms with Crippen molar-refractivity contribution in [3.63, 3.8) is 0 Å². The van der Waals surface area contributed by atoms with Gasteiger partial charge in [-0.25, -0.2) is 0 Å². The summed E-state index contributed by atoms with van der Waals surface area (Å²) in [6, 6.07) is 10.4. The zero-order chi connectivity index (χ0) is 17.0. The van der Waals surface area contributed by atoms with E-state index in [-0.39, 0.29) is 4.90 Å². The SMILES string of the molecule is Cc1ccc(S(=O)(=O)N/N=C2\CCCC\C2=C/c2ccco2)cc1. The Morgan fingerprint density at radius 2 is 1.88 bits per heavy atom. The van der Waals surface area contributed by atoms with Crippen LogP contribution in [0.2, 0.25) is 0 Å². The number of benzene rings is 1. The highest BCUT2D eigenvalue weighted by molar-refractivity contribution is 7.89. The van der Waals surface area contributed by atoms with Gasteiger partial charge in [-0.1, -0.05) is 17.7 Å². The lowest BCUT2D eigenvalue weighted by Gasteiger charge is -2.16. The minimum absolute atomic E-state index is 0.213. The van der Waals surface area contributed by atoms with Gasteiger partial charge in [0.25, 0.3) is 10.0 Å². The number of hydrogen-bond acceptors (Lipinski definition) is 4. The van der Waals surface area contributed by atoms with Gasteiger partial charge in [0.1, 0.15) is 5.76 Å². The molecule has 0 aliphatic heterocycles. The van der Waals surface area contributed by atoms with Gasteiger partial charge in [-0.3, -0.25) is 0 Å². The fourth-order valence-electron chi connectivity index (χ4n) is 2.63. The first-order valence-electron chi connectivity index (χ1n) is 7.94. The molecule has 5 nitrogen and oxygen atoms in total. The van der Waals surface area contributed by atoms with Crippen molar-refractivity contribution in [2.45, 2.75) is 37.5 Å². The molecule has 0 atom stereocenters. The summed E-state index contributed by atoms with van der Waals surface area (Å²) >= 11 is 0. The lowest BCUT2D eigenvalue weighted by molar-refractivity contribution is 0.556. The van der Waals surface area contributed by atoms with E-state index >= 15 is 0 Å². The van der Waals surface area contributed by atoms with Crippen LogP contribution in [0.5, 0.6) is 0 Å². The molecule has 1 fully saturated rings. The summed E-state index contributed by atoms with van der Waals surface area (Å²) in [7, 11) is -3.65. The van der Waals surface area contributed by atoms with Crippen LogP contribution in [-0.4, -0.2) is 14.1 Å². The topological polar surface area (TPSA) is 71.7 Å². The molecule has 1 aromatic heterocycles. The number of nitrogens with one attached hydrogen (secondary N) is 1. The molecule has 1 aliphatic rings. The molecule has 0 unspecified atom stereocenters. The molecule has 1 N–H and O–H groups in total. The van der Waals surface area contributed by atoms with Crippen molar-refractivity contribution in [3.05, 3.63) is 59.6 Å². The third-order valence-corrected chi connectivity index (χ3v) is 5.20. The third-order valence-electron chi connectivity index (χ3n) is 3.97. The quantitative estimate of drug-likeness (QED) is 0.856. The van der Waals surface area contributed by atoms with Crippen molar-refractivity contribution in [2.75, 3.05) is 0 Å². The first kappa shape index (κ1) is 16.5. The molecule has 1 aliphatic carbocycles. The second-order valence-corrected chi connectivity index (χ2v) is 7.52. The molecule has 24 heavy (non-hydrogen) atoms. The first-order valence-corrected chi connectivity index (χ1v) is 9.42. The Labute approximate surface area is 142 Å². The predicted octanol–water partition coefficient (Wildman–Crippen LogP) is 3.88. The normalized spacial score (nSPS) is 18.9. The van der Waals surface area contributed by atoms with Crippen LogP contribution in [0, 0.1) is 6.92 Å². The van der Waals surface area contributed by atoms with Crippen LogP contribution in [0.3, 0.4) is 0 Å². The van der Waals surface area contributed by atoms with E-state index in [1.54, 1.807) is 30.5 Å². The van der Waals surface area contributed by atoms with Gasteiger partial charge in [0, 0.05) is 0 Å². The molecule has 0 bridgehead atoms. The van der Waals surface area contributed by atoms with E-state index in [9.17, 15) is 8.42 Å².